The monoisotopic (exact) mass is 252 g/mol. The highest BCUT2D eigenvalue weighted by atomic mass is 16.5. The molecule has 1 aromatic heterocycles. The Labute approximate surface area is 107 Å². The Morgan fingerprint density at radius 3 is 3.06 bits per heavy atom. The molecule has 2 rings (SSSR count). The minimum Gasteiger partial charge on any atom is -0.490 e. The third-order valence-electron chi connectivity index (χ3n) is 3.44. The molecular formula is C13H20N2O3. The minimum atomic E-state index is -0.716. The summed E-state index contributed by atoms with van der Waals surface area (Å²) in [6.45, 7) is 2.71. The van der Waals surface area contributed by atoms with E-state index in [9.17, 15) is 9.90 Å². The highest BCUT2D eigenvalue weighted by Gasteiger charge is 2.32. The van der Waals surface area contributed by atoms with E-state index in [4.69, 9.17) is 4.74 Å². The van der Waals surface area contributed by atoms with E-state index in [1.54, 1.807) is 10.9 Å². The summed E-state index contributed by atoms with van der Waals surface area (Å²) in [5.74, 6) is -0.310. The van der Waals surface area contributed by atoms with E-state index in [2.05, 4.69) is 5.10 Å². The van der Waals surface area contributed by atoms with Crippen LogP contribution in [0.4, 0.5) is 0 Å². The van der Waals surface area contributed by atoms with Crippen molar-refractivity contribution in [3.05, 3.63) is 12.4 Å². The third kappa shape index (κ3) is 2.83. The average Bonchev–Trinajstić information content (AvgIpc) is 2.85. The van der Waals surface area contributed by atoms with Crippen LogP contribution in [0.15, 0.2) is 12.4 Å². The van der Waals surface area contributed by atoms with Crippen LogP contribution in [-0.2, 0) is 4.79 Å². The molecule has 100 valence electrons. The first-order valence-electron chi connectivity index (χ1n) is 6.62. The van der Waals surface area contributed by atoms with E-state index in [1.807, 2.05) is 13.1 Å². The molecule has 1 aromatic rings. The Morgan fingerprint density at radius 1 is 1.56 bits per heavy atom. The van der Waals surface area contributed by atoms with Gasteiger partial charge in [0, 0.05) is 0 Å². The first kappa shape index (κ1) is 12.9. The fraction of sp³-hybridized carbons (Fsp3) is 0.692. The molecule has 0 bridgehead atoms. The molecule has 1 heterocycles. The molecule has 0 spiro atoms. The number of ether oxygens (including phenoxy) is 1. The van der Waals surface area contributed by atoms with Gasteiger partial charge in [-0.3, -0.25) is 9.48 Å². The second-order valence-electron chi connectivity index (χ2n) is 4.80. The summed E-state index contributed by atoms with van der Waals surface area (Å²) in [7, 11) is 0. The van der Waals surface area contributed by atoms with Gasteiger partial charge in [0.15, 0.2) is 5.75 Å². The van der Waals surface area contributed by atoms with Gasteiger partial charge >= 0.3 is 5.97 Å². The minimum absolute atomic E-state index is 0.0322. The SMILES string of the molecule is CCCOc1cnn(C2CCCCC2C(=O)O)c1. The Balaban J connectivity index is 2.08. The van der Waals surface area contributed by atoms with Crippen molar-refractivity contribution in [1.82, 2.24) is 9.78 Å². The molecule has 0 radical (unpaired) electrons. The number of rotatable bonds is 5. The molecule has 2 atom stereocenters. The summed E-state index contributed by atoms with van der Waals surface area (Å²) >= 11 is 0. The molecule has 1 aliphatic rings. The molecule has 5 heteroatoms. The van der Waals surface area contributed by atoms with E-state index in [0.29, 0.717) is 6.61 Å². The lowest BCUT2D eigenvalue weighted by Crippen LogP contribution is -2.29. The molecule has 1 N–H and O–H groups in total. The Bertz CT molecular complexity index is 403. The number of nitrogens with zero attached hydrogens (tertiary/aromatic N) is 2. The zero-order valence-corrected chi connectivity index (χ0v) is 10.7. The second-order valence-corrected chi connectivity index (χ2v) is 4.80. The Hall–Kier alpha value is -1.52. The van der Waals surface area contributed by atoms with Crippen molar-refractivity contribution in [2.75, 3.05) is 6.61 Å². The predicted molar refractivity (Wildman–Crippen MR) is 66.6 cm³/mol. The van der Waals surface area contributed by atoms with Crippen molar-refractivity contribution >= 4 is 5.97 Å². The zero-order chi connectivity index (χ0) is 13.0. The van der Waals surface area contributed by atoms with Gasteiger partial charge in [-0.1, -0.05) is 19.8 Å². The molecule has 2 unspecified atom stereocenters. The van der Waals surface area contributed by atoms with Gasteiger partial charge in [-0.15, -0.1) is 0 Å². The van der Waals surface area contributed by atoms with Crippen LogP contribution in [0.2, 0.25) is 0 Å². The lowest BCUT2D eigenvalue weighted by Gasteiger charge is -2.28. The molecule has 1 saturated carbocycles. The zero-order valence-electron chi connectivity index (χ0n) is 10.7. The number of carboxylic acid groups (broad SMARTS) is 1. The summed E-state index contributed by atoms with van der Waals surface area (Å²) in [5, 5.41) is 13.5. The van der Waals surface area contributed by atoms with Gasteiger partial charge in [0.25, 0.3) is 0 Å². The van der Waals surface area contributed by atoms with Crippen LogP contribution in [0.25, 0.3) is 0 Å². The molecule has 0 amide bonds. The van der Waals surface area contributed by atoms with E-state index in [1.165, 1.54) is 0 Å². The average molecular weight is 252 g/mol. The Morgan fingerprint density at radius 2 is 2.33 bits per heavy atom. The molecule has 5 nitrogen and oxygen atoms in total. The van der Waals surface area contributed by atoms with E-state index >= 15 is 0 Å². The van der Waals surface area contributed by atoms with Gasteiger partial charge in [0.05, 0.1) is 31.0 Å². The topological polar surface area (TPSA) is 64.4 Å². The van der Waals surface area contributed by atoms with Gasteiger partial charge < -0.3 is 9.84 Å². The lowest BCUT2D eigenvalue weighted by atomic mass is 9.85. The maximum absolute atomic E-state index is 11.2. The number of carbonyl (C=O) groups is 1. The highest BCUT2D eigenvalue weighted by molar-refractivity contribution is 5.70. The first-order valence-corrected chi connectivity index (χ1v) is 6.62. The van der Waals surface area contributed by atoms with Gasteiger partial charge in [-0.2, -0.15) is 5.10 Å². The molecule has 1 fully saturated rings. The number of carboxylic acids is 1. The van der Waals surface area contributed by atoms with Gasteiger partial charge in [-0.25, -0.2) is 0 Å². The van der Waals surface area contributed by atoms with Crippen molar-refractivity contribution in [3.8, 4) is 5.75 Å². The fourth-order valence-corrected chi connectivity index (χ4v) is 2.51. The maximum atomic E-state index is 11.2. The number of aromatic nitrogens is 2. The van der Waals surface area contributed by atoms with Gasteiger partial charge in [0.1, 0.15) is 0 Å². The standard InChI is InChI=1S/C13H20N2O3/c1-2-7-18-10-8-14-15(9-10)12-6-4-3-5-11(12)13(16)17/h8-9,11-12H,2-7H2,1H3,(H,16,17). The number of hydrogen-bond acceptors (Lipinski definition) is 3. The largest absolute Gasteiger partial charge is 0.490 e. The summed E-state index contributed by atoms with van der Waals surface area (Å²) < 4.78 is 7.26. The normalized spacial score (nSPS) is 23.8. The van der Waals surface area contributed by atoms with Crippen molar-refractivity contribution < 1.29 is 14.6 Å². The maximum Gasteiger partial charge on any atom is 0.308 e. The number of aliphatic carboxylic acids is 1. The molecular weight excluding hydrogens is 232 g/mol. The van der Waals surface area contributed by atoms with Crippen molar-refractivity contribution in [2.45, 2.75) is 45.1 Å². The van der Waals surface area contributed by atoms with Crippen LogP contribution < -0.4 is 4.74 Å². The summed E-state index contributed by atoms with van der Waals surface area (Å²) in [5.41, 5.74) is 0. The van der Waals surface area contributed by atoms with Crippen LogP contribution in [0.3, 0.4) is 0 Å². The van der Waals surface area contributed by atoms with Crippen LogP contribution >= 0.6 is 0 Å². The lowest BCUT2D eigenvalue weighted by molar-refractivity contribution is -0.144. The summed E-state index contributed by atoms with van der Waals surface area (Å²) in [4.78, 5) is 11.2. The number of hydrogen-bond donors (Lipinski definition) is 1. The molecule has 1 aliphatic carbocycles. The van der Waals surface area contributed by atoms with Crippen molar-refractivity contribution in [2.24, 2.45) is 5.92 Å². The van der Waals surface area contributed by atoms with Gasteiger partial charge in [0.2, 0.25) is 0 Å². The summed E-state index contributed by atoms with van der Waals surface area (Å²) in [6.07, 6.45) is 8.13. The third-order valence-corrected chi connectivity index (χ3v) is 3.44. The van der Waals surface area contributed by atoms with E-state index in [-0.39, 0.29) is 12.0 Å². The van der Waals surface area contributed by atoms with Gasteiger partial charge in [-0.05, 0) is 19.3 Å². The van der Waals surface area contributed by atoms with Crippen LogP contribution in [-0.4, -0.2) is 27.5 Å². The molecule has 0 saturated heterocycles. The van der Waals surface area contributed by atoms with Crippen LogP contribution in [0, 0.1) is 5.92 Å². The fourth-order valence-electron chi connectivity index (χ4n) is 2.51. The first-order chi connectivity index (χ1) is 8.72. The highest BCUT2D eigenvalue weighted by Crippen LogP contribution is 2.34. The van der Waals surface area contributed by atoms with Crippen molar-refractivity contribution in [1.29, 1.82) is 0 Å². The second kappa shape index (κ2) is 5.89. The molecule has 18 heavy (non-hydrogen) atoms. The van der Waals surface area contributed by atoms with E-state index < -0.39 is 5.97 Å². The van der Waals surface area contributed by atoms with E-state index in [0.717, 1.165) is 37.9 Å². The predicted octanol–water partition coefficient (Wildman–Crippen LogP) is 2.49. The van der Waals surface area contributed by atoms with Crippen molar-refractivity contribution in [3.63, 3.8) is 0 Å². The summed E-state index contributed by atoms with van der Waals surface area (Å²) in [6, 6.07) is -0.0322. The quantitative estimate of drug-likeness (QED) is 0.874. The smallest absolute Gasteiger partial charge is 0.308 e. The van der Waals surface area contributed by atoms with Crippen LogP contribution in [0.5, 0.6) is 5.75 Å². The molecule has 0 aromatic carbocycles. The Kier molecular flexibility index (Phi) is 4.23. The molecule has 0 aliphatic heterocycles. The van der Waals surface area contributed by atoms with Crippen LogP contribution in [0.1, 0.15) is 45.1 Å².